The van der Waals surface area contributed by atoms with E-state index in [1.165, 1.54) is 32.9 Å². The number of benzene rings is 1. The van der Waals surface area contributed by atoms with Crippen molar-refractivity contribution >= 4 is 33.3 Å². The lowest BCUT2D eigenvalue weighted by Gasteiger charge is -2.30. The molecule has 19 heavy (non-hydrogen) atoms. The molecular formula is C12H16ClNO4S. The molecule has 0 atom stereocenters. The summed E-state index contributed by atoms with van der Waals surface area (Å²) in [5.41, 5.74) is 0.241. The van der Waals surface area contributed by atoms with Crippen molar-refractivity contribution in [2.24, 2.45) is 0 Å². The van der Waals surface area contributed by atoms with E-state index in [2.05, 4.69) is 0 Å². The normalized spacial score (nSPS) is 12.2. The van der Waals surface area contributed by atoms with E-state index in [1.807, 2.05) is 0 Å². The number of rotatable bonds is 4. The Morgan fingerprint density at radius 2 is 1.95 bits per heavy atom. The minimum atomic E-state index is -3.81. The number of halogens is 1. The number of sulfonamides is 1. The minimum absolute atomic E-state index is 0.241. The lowest BCUT2D eigenvalue weighted by Crippen LogP contribution is -2.45. The topological polar surface area (TPSA) is 74.7 Å². The SMILES string of the molecule is CC(C)(C)S(=O)(=O)N(CC(=O)O)c1cccc(Cl)c1. The van der Waals surface area contributed by atoms with Gasteiger partial charge in [0.15, 0.2) is 0 Å². The molecule has 1 N–H and O–H groups in total. The number of hydrogen-bond acceptors (Lipinski definition) is 3. The zero-order chi connectivity index (χ0) is 14.8. The fourth-order valence-electron chi connectivity index (χ4n) is 1.40. The second kappa shape index (κ2) is 5.38. The molecule has 0 aliphatic rings. The summed E-state index contributed by atoms with van der Waals surface area (Å²) >= 11 is 5.82. The Labute approximate surface area is 117 Å². The molecule has 5 nitrogen and oxygen atoms in total. The van der Waals surface area contributed by atoms with Crippen LogP contribution in [0.3, 0.4) is 0 Å². The van der Waals surface area contributed by atoms with Crippen molar-refractivity contribution in [3.63, 3.8) is 0 Å². The second-order valence-electron chi connectivity index (χ2n) is 5.00. The summed E-state index contributed by atoms with van der Waals surface area (Å²) in [6.45, 7) is 3.91. The molecule has 0 spiro atoms. The van der Waals surface area contributed by atoms with Crippen molar-refractivity contribution in [2.45, 2.75) is 25.5 Å². The van der Waals surface area contributed by atoms with Gasteiger partial charge in [0.2, 0.25) is 10.0 Å². The van der Waals surface area contributed by atoms with E-state index in [0.717, 1.165) is 4.31 Å². The van der Waals surface area contributed by atoms with Crippen LogP contribution in [0.25, 0.3) is 0 Å². The molecular weight excluding hydrogens is 290 g/mol. The van der Waals surface area contributed by atoms with Gasteiger partial charge in [-0.1, -0.05) is 17.7 Å². The van der Waals surface area contributed by atoms with Crippen LogP contribution < -0.4 is 4.31 Å². The van der Waals surface area contributed by atoms with Gasteiger partial charge in [-0.25, -0.2) is 8.42 Å². The van der Waals surface area contributed by atoms with Gasteiger partial charge in [-0.15, -0.1) is 0 Å². The number of carboxylic acid groups (broad SMARTS) is 1. The van der Waals surface area contributed by atoms with Gasteiger partial charge in [0.1, 0.15) is 6.54 Å². The Balaban J connectivity index is 3.35. The van der Waals surface area contributed by atoms with Gasteiger partial charge in [-0.2, -0.15) is 0 Å². The first-order chi connectivity index (χ1) is 8.55. The predicted octanol–water partition coefficient (Wildman–Crippen LogP) is 2.36. The van der Waals surface area contributed by atoms with Crippen LogP contribution in [-0.4, -0.2) is 30.8 Å². The molecule has 0 aromatic heterocycles. The maximum Gasteiger partial charge on any atom is 0.324 e. The number of hydrogen-bond donors (Lipinski definition) is 1. The lowest BCUT2D eigenvalue weighted by molar-refractivity contribution is -0.135. The first-order valence-corrected chi connectivity index (χ1v) is 7.37. The highest BCUT2D eigenvalue weighted by Crippen LogP contribution is 2.28. The highest BCUT2D eigenvalue weighted by atomic mass is 35.5. The lowest BCUT2D eigenvalue weighted by atomic mass is 10.3. The molecule has 0 saturated carbocycles. The van der Waals surface area contributed by atoms with E-state index in [-0.39, 0.29) is 5.69 Å². The Kier molecular flexibility index (Phi) is 4.47. The maximum atomic E-state index is 12.4. The standard InChI is InChI=1S/C12H16ClNO4S/c1-12(2,3)19(17,18)14(8-11(15)16)10-6-4-5-9(13)7-10/h4-7H,8H2,1-3H3,(H,15,16). The molecule has 106 valence electrons. The molecule has 1 rings (SSSR count). The van der Waals surface area contributed by atoms with E-state index in [9.17, 15) is 13.2 Å². The van der Waals surface area contributed by atoms with Crippen molar-refractivity contribution in [3.05, 3.63) is 29.3 Å². The van der Waals surface area contributed by atoms with Crippen LogP contribution in [0.1, 0.15) is 20.8 Å². The molecule has 1 aromatic rings. The van der Waals surface area contributed by atoms with Gasteiger partial charge >= 0.3 is 5.97 Å². The average Bonchev–Trinajstić information content (AvgIpc) is 2.23. The van der Waals surface area contributed by atoms with Gasteiger partial charge in [-0.05, 0) is 39.0 Å². The molecule has 0 radical (unpaired) electrons. The van der Waals surface area contributed by atoms with Crippen LogP contribution in [0.4, 0.5) is 5.69 Å². The zero-order valence-corrected chi connectivity index (χ0v) is 12.5. The molecule has 0 fully saturated rings. The summed E-state index contributed by atoms with van der Waals surface area (Å²) < 4.78 is 24.6. The number of carbonyl (C=O) groups is 1. The van der Waals surface area contributed by atoms with E-state index >= 15 is 0 Å². The van der Waals surface area contributed by atoms with Crippen molar-refractivity contribution in [2.75, 3.05) is 10.8 Å². The smallest absolute Gasteiger partial charge is 0.324 e. The third kappa shape index (κ3) is 3.61. The van der Waals surface area contributed by atoms with Gasteiger partial charge in [0.25, 0.3) is 0 Å². The van der Waals surface area contributed by atoms with Crippen LogP contribution in [-0.2, 0) is 14.8 Å². The number of aliphatic carboxylic acids is 1. The minimum Gasteiger partial charge on any atom is -0.480 e. The van der Waals surface area contributed by atoms with Crippen LogP contribution in [0.2, 0.25) is 5.02 Å². The largest absolute Gasteiger partial charge is 0.480 e. The summed E-state index contributed by atoms with van der Waals surface area (Å²) in [7, 11) is -3.81. The number of carboxylic acids is 1. The van der Waals surface area contributed by atoms with Gasteiger partial charge in [0.05, 0.1) is 10.4 Å². The number of anilines is 1. The summed E-state index contributed by atoms with van der Waals surface area (Å²) in [5, 5.41) is 9.25. The Bertz CT molecular complexity index is 578. The van der Waals surface area contributed by atoms with Gasteiger partial charge in [0, 0.05) is 5.02 Å². The third-order valence-corrected chi connectivity index (χ3v) is 5.14. The molecule has 0 aliphatic carbocycles. The molecule has 0 heterocycles. The molecule has 0 amide bonds. The zero-order valence-electron chi connectivity index (χ0n) is 10.9. The Hall–Kier alpha value is -1.27. The van der Waals surface area contributed by atoms with Gasteiger partial charge < -0.3 is 5.11 Å². The van der Waals surface area contributed by atoms with Crippen LogP contribution >= 0.6 is 11.6 Å². The summed E-state index contributed by atoms with van der Waals surface area (Å²) in [4.78, 5) is 10.9. The summed E-state index contributed by atoms with van der Waals surface area (Å²) in [5.74, 6) is -1.23. The highest BCUT2D eigenvalue weighted by molar-refractivity contribution is 7.94. The summed E-state index contributed by atoms with van der Waals surface area (Å²) in [6, 6.07) is 6.10. The van der Waals surface area contributed by atoms with Crippen LogP contribution in [0.15, 0.2) is 24.3 Å². The maximum absolute atomic E-state index is 12.4. The predicted molar refractivity (Wildman–Crippen MR) is 75.1 cm³/mol. The fourth-order valence-corrected chi connectivity index (χ4v) is 2.92. The summed E-state index contributed by atoms with van der Waals surface area (Å²) in [6.07, 6.45) is 0. The third-order valence-electron chi connectivity index (χ3n) is 2.44. The quantitative estimate of drug-likeness (QED) is 0.926. The first kappa shape index (κ1) is 15.8. The van der Waals surface area contributed by atoms with E-state index in [1.54, 1.807) is 12.1 Å². The molecule has 0 unspecified atom stereocenters. The highest BCUT2D eigenvalue weighted by Gasteiger charge is 2.36. The number of nitrogens with zero attached hydrogens (tertiary/aromatic N) is 1. The molecule has 7 heteroatoms. The molecule has 0 saturated heterocycles. The van der Waals surface area contributed by atoms with Crippen LogP contribution in [0.5, 0.6) is 0 Å². The molecule has 0 bridgehead atoms. The van der Waals surface area contributed by atoms with Crippen molar-refractivity contribution in [3.8, 4) is 0 Å². The average molecular weight is 306 g/mol. The van der Waals surface area contributed by atoms with Gasteiger partial charge in [-0.3, -0.25) is 9.10 Å². The second-order valence-corrected chi connectivity index (χ2v) is 8.05. The monoisotopic (exact) mass is 305 g/mol. The van der Waals surface area contributed by atoms with Crippen molar-refractivity contribution in [1.82, 2.24) is 0 Å². The van der Waals surface area contributed by atoms with E-state index in [4.69, 9.17) is 16.7 Å². The van der Waals surface area contributed by atoms with Crippen LogP contribution in [0, 0.1) is 0 Å². The van der Waals surface area contributed by atoms with Crippen molar-refractivity contribution < 1.29 is 18.3 Å². The molecule has 0 aliphatic heterocycles. The fraction of sp³-hybridized carbons (Fsp3) is 0.417. The Morgan fingerprint density at radius 3 is 2.37 bits per heavy atom. The van der Waals surface area contributed by atoms with Crippen molar-refractivity contribution in [1.29, 1.82) is 0 Å². The van der Waals surface area contributed by atoms with E-state index < -0.39 is 27.3 Å². The molecule has 1 aromatic carbocycles. The first-order valence-electron chi connectivity index (χ1n) is 5.55. The Morgan fingerprint density at radius 1 is 1.37 bits per heavy atom. The van der Waals surface area contributed by atoms with E-state index in [0.29, 0.717) is 5.02 Å².